The molecule has 0 atom stereocenters. The van der Waals surface area contributed by atoms with E-state index >= 15 is 0 Å². The first kappa shape index (κ1) is 15.5. The number of aliphatic hydroxyl groups is 1. The molecule has 21 heavy (non-hydrogen) atoms. The van der Waals surface area contributed by atoms with Gasteiger partial charge in [0, 0.05) is 5.69 Å². The molecule has 4 nitrogen and oxygen atoms in total. The monoisotopic (exact) mass is 305 g/mol. The Morgan fingerprint density at radius 2 is 1.62 bits per heavy atom. The van der Waals surface area contributed by atoms with Gasteiger partial charge in [-0.1, -0.05) is 23.8 Å². The second-order valence-corrected chi connectivity index (χ2v) is 6.82. The summed E-state index contributed by atoms with van der Waals surface area (Å²) in [4.78, 5) is 0.192. The largest absolute Gasteiger partial charge is 0.392 e. The standard InChI is InChI=1S/C16H19NO3S/c1-11-4-6-15(7-5-11)17-21(19,20)16-9-14(10-18)12(2)8-13(16)3/h4-9,17-18H,10H2,1-3H3. The first-order valence-corrected chi connectivity index (χ1v) is 8.12. The van der Waals surface area contributed by atoms with Gasteiger partial charge in [0.15, 0.2) is 0 Å². The highest BCUT2D eigenvalue weighted by Crippen LogP contribution is 2.23. The molecule has 0 saturated carbocycles. The quantitative estimate of drug-likeness (QED) is 0.912. The van der Waals surface area contributed by atoms with Crippen molar-refractivity contribution in [2.45, 2.75) is 32.3 Å². The van der Waals surface area contributed by atoms with E-state index < -0.39 is 10.0 Å². The fourth-order valence-corrected chi connectivity index (χ4v) is 3.50. The van der Waals surface area contributed by atoms with Crippen molar-refractivity contribution in [1.29, 1.82) is 0 Å². The fraction of sp³-hybridized carbons (Fsp3) is 0.250. The fourth-order valence-electron chi connectivity index (χ4n) is 2.17. The van der Waals surface area contributed by atoms with Gasteiger partial charge in [-0.3, -0.25) is 4.72 Å². The predicted molar refractivity (Wildman–Crippen MR) is 83.8 cm³/mol. The van der Waals surface area contributed by atoms with Gasteiger partial charge in [0.05, 0.1) is 11.5 Å². The first-order chi connectivity index (χ1) is 9.83. The molecule has 0 amide bonds. The molecule has 0 aliphatic carbocycles. The van der Waals surface area contributed by atoms with E-state index in [1.807, 2.05) is 26.0 Å². The van der Waals surface area contributed by atoms with E-state index in [1.54, 1.807) is 25.1 Å². The van der Waals surface area contributed by atoms with Crippen molar-refractivity contribution >= 4 is 15.7 Å². The van der Waals surface area contributed by atoms with Crippen LogP contribution in [0.2, 0.25) is 0 Å². The van der Waals surface area contributed by atoms with Gasteiger partial charge in [-0.05, 0) is 55.7 Å². The lowest BCUT2D eigenvalue weighted by Crippen LogP contribution is -2.15. The molecule has 0 aliphatic rings. The lowest BCUT2D eigenvalue weighted by molar-refractivity contribution is 0.280. The second kappa shape index (κ2) is 5.87. The van der Waals surface area contributed by atoms with Crippen LogP contribution >= 0.6 is 0 Å². The molecule has 2 N–H and O–H groups in total. The Balaban J connectivity index is 2.42. The van der Waals surface area contributed by atoms with Crippen molar-refractivity contribution < 1.29 is 13.5 Å². The lowest BCUT2D eigenvalue weighted by Gasteiger charge is -2.13. The predicted octanol–water partition coefficient (Wildman–Crippen LogP) is 2.90. The average molecular weight is 305 g/mol. The van der Waals surface area contributed by atoms with Crippen LogP contribution in [0.4, 0.5) is 5.69 Å². The molecule has 0 unspecified atom stereocenters. The molecule has 0 aromatic heterocycles. The van der Waals surface area contributed by atoms with Gasteiger partial charge in [-0.2, -0.15) is 0 Å². The minimum atomic E-state index is -3.67. The summed E-state index contributed by atoms with van der Waals surface area (Å²) in [6.07, 6.45) is 0. The summed E-state index contributed by atoms with van der Waals surface area (Å²) < 4.78 is 27.6. The van der Waals surface area contributed by atoms with Crippen molar-refractivity contribution in [1.82, 2.24) is 0 Å². The molecule has 2 rings (SSSR count). The summed E-state index contributed by atoms with van der Waals surface area (Å²) in [7, 11) is -3.67. The van der Waals surface area contributed by atoms with E-state index in [0.717, 1.165) is 11.1 Å². The van der Waals surface area contributed by atoms with Crippen LogP contribution in [0.1, 0.15) is 22.3 Å². The first-order valence-electron chi connectivity index (χ1n) is 6.64. The summed E-state index contributed by atoms with van der Waals surface area (Å²) in [5.74, 6) is 0. The van der Waals surface area contributed by atoms with E-state index in [-0.39, 0.29) is 11.5 Å². The van der Waals surface area contributed by atoms with Gasteiger partial charge >= 0.3 is 0 Å². The van der Waals surface area contributed by atoms with E-state index in [9.17, 15) is 13.5 Å². The minimum Gasteiger partial charge on any atom is -0.392 e. The number of sulfonamides is 1. The molecular weight excluding hydrogens is 286 g/mol. The van der Waals surface area contributed by atoms with Crippen molar-refractivity contribution in [3.05, 3.63) is 58.7 Å². The molecule has 0 aliphatic heterocycles. The van der Waals surface area contributed by atoms with Crippen molar-refractivity contribution in [3.63, 3.8) is 0 Å². The number of nitrogens with one attached hydrogen (secondary N) is 1. The van der Waals surface area contributed by atoms with Crippen LogP contribution in [0, 0.1) is 20.8 Å². The topological polar surface area (TPSA) is 66.4 Å². The van der Waals surface area contributed by atoms with Crippen molar-refractivity contribution in [3.8, 4) is 0 Å². The number of benzene rings is 2. The number of hydrogen-bond donors (Lipinski definition) is 2. The maximum atomic E-state index is 12.5. The van der Waals surface area contributed by atoms with Crippen LogP contribution < -0.4 is 4.72 Å². The Morgan fingerprint density at radius 3 is 2.19 bits per heavy atom. The number of rotatable bonds is 4. The Bertz CT molecular complexity index is 750. The third-order valence-corrected chi connectivity index (χ3v) is 4.92. The smallest absolute Gasteiger partial charge is 0.262 e. The van der Waals surface area contributed by atoms with Crippen LogP contribution in [0.25, 0.3) is 0 Å². The highest BCUT2D eigenvalue weighted by molar-refractivity contribution is 7.92. The summed E-state index contributed by atoms with van der Waals surface area (Å²) in [5, 5.41) is 9.30. The molecule has 5 heteroatoms. The van der Waals surface area contributed by atoms with Gasteiger partial charge < -0.3 is 5.11 Å². The molecular formula is C16H19NO3S. The van der Waals surface area contributed by atoms with E-state index in [4.69, 9.17) is 0 Å². The third kappa shape index (κ3) is 3.43. The van der Waals surface area contributed by atoms with Crippen LogP contribution in [-0.4, -0.2) is 13.5 Å². The average Bonchev–Trinajstić information content (AvgIpc) is 2.41. The van der Waals surface area contributed by atoms with E-state index in [2.05, 4.69) is 4.72 Å². The Kier molecular flexibility index (Phi) is 4.34. The number of aryl methyl sites for hydroxylation is 3. The maximum absolute atomic E-state index is 12.5. The summed E-state index contributed by atoms with van der Waals surface area (Å²) in [5.41, 5.74) is 3.73. The van der Waals surface area contributed by atoms with Crippen molar-refractivity contribution in [2.75, 3.05) is 4.72 Å². The zero-order valence-corrected chi connectivity index (χ0v) is 13.2. The Labute approximate surface area is 125 Å². The van der Waals surface area contributed by atoms with Crippen LogP contribution in [0.15, 0.2) is 41.3 Å². The molecule has 0 fully saturated rings. The summed E-state index contributed by atoms with van der Waals surface area (Å²) in [6, 6.07) is 10.4. The van der Waals surface area contributed by atoms with Gasteiger partial charge in [0.25, 0.3) is 10.0 Å². The van der Waals surface area contributed by atoms with Gasteiger partial charge in [-0.25, -0.2) is 8.42 Å². The number of aliphatic hydroxyl groups excluding tert-OH is 1. The molecule has 2 aromatic rings. The summed E-state index contributed by atoms with van der Waals surface area (Å²) in [6.45, 7) is 5.36. The highest BCUT2D eigenvalue weighted by atomic mass is 32.2. The normalized spacial score (nSPS) is 11.4. The number of anilines is 1. The number of hydrogen-bond acceptors (Lipinski definition) is 3. The molecule has 0 bridgehead atoms. The molecule has 0 saturated heterocycles. The minimum absolute atomic E-state index is 0.181. The molecule has 0 heterocycles. The van der Waals surface area contributed by atoms with E-state index in [1.165, 1.54) is 6.07 Å². The molecule has 0 radical (unpaired) electrons. The second-order valence-electron chi connectivity index (χ2n) is 5.17. The molecule has 112 valence electrons. The van der Waals surface area contributed by atoms with E-state index in [0.29, 0.717) is 16.8 Å². The SMILES string of the molecule is Cc1ccc(NS(=O)(=O)c2cc(CO)c(C)cc2C)cc1. The van der Waals surface area contributed by atoms with Gasteiger partial charge in [-0.15, -0.1) is 0 Å². The molecule has 2 aromatic carbocycles. The van der Waals surface area contributed by atoms with Gasteiger partial charge in [0.2, 0.25) is 0 Å². The summed E-state index contributed by atoms with van der Waals surface area (Å²) >= 11 is 0. The highest BCUT2D eigenvalue weighted by Gasteiger charge is 2.18. The zero-order valence-electron chi connectivity index (χ0n) is 12.3. The Hall–Kier alpha value is -1.85. The lowest BCUT2D eigenvalue weighted by atomic mass is 10.1. The zero-order chi connectivity index (χ0) is 15.6. The third-order valence-electron chi connectivity index (χ3n) is 3.40. The van der Waals surface area contributed by atoms with Crippen LogP contribution in [0.3, 0.4) is 0 Å². The van der Waals surface area contributed by atoms with Crippen LogP contribution in [-0.2, 0) is 16.6 Å². The molecule has 0 spiro atoms. The van der Waals surface area contributed by atoms with Crippen molar-refractivity contribution in [2.24, 2.45) is 0 Å². The van der Waals surface area contributed by atoms with Crippen LogP contribution in [0.5, 0.6) is 0 Å². The van der Waals surface area contributed by atoms with Gasteiger partial charge in [0.1, 0.15) is 0 Å². The Morgan fingerprint density at radius 1 is 1.00 bits per heavy atom. The maximum Gasteiger partial charge on any atom is 0.262 e.